The summed E-state index contributed by atoms with van der Waals surface area (Å²) in [6, 6.07) is 10.6. The number of hydrogen-bond acceptors (Lipinski definition) is 6. The van der Waals surface area contributed by atoms with Crippen LogP contribution in [0, 0.1) is 19.8 Å². The van der Waals surface area contributed by atoms with Gasteiger partial charge in [-0.1, -0.05) is 19.9 Å². The molecule has 2 aromatic heterocycles. The van der Waals surface area contributed by atoms with Gasteiger partial charge in [-0.2, -0.15) is 0 Å². The quantitative estimate of drug-likeness (QED) is 0.252. The van der Waals surface area contributed by atoms with Crippen molar-refractivity contribution in [2.24, 2.45) is 5.92 Å². The van der Waals surface area contributed by atoms with E-state index in [2.05, 4.69) is 13.8 Å². The number of likely N-dealkylation sites (tertiary alicyclic amines) is 1. The molecular formula is C26H27NO4S2. The second kappa shape index (κ2) is 9.53. The highest BCUT2D eigenvalue weighted by atomic mass is 32.1. The van der Waals surface area contributed by atoms with Crippen LogP contribution in [0.5, 0.6) is 5.75 Å². The molecule has 3 heterocycles. The maximum Gasteiger partial charge on any atom is 0.296 e. The van der Waals surface area contributed by atoms with Crippen molar-refractivity contribution in [3.8, 4) is 5.75 Å². The van der Waals surface area contributed by atoms with Crippen LogP contribution in [-0.2, 0) is 16.1 Å². The number of Topliss-reactive ketones (excluding diaryl/α,β-unsaturated/α-hetero) is 1. The standard InChI is InChI=1S/C26H27NO4S2/c1-15(2)14-31-20-8-7-18(12-17(20)4)23(28)21-22(25-16(3)9-11-33-25)27(26(30)24(21)29)13-19-6-5-10-32-19/h5-12,15,22,28H,13-14H2,1-4H3/b23-21-. The van der Waals surface area contributed by atoms with Gasteiger partial charge in [-0.15, -0.1) is 22.7 Å². The lowest BCUT2D eigenvalue weighted by Gasteiger charge is -2.24. The second-order valence-corrected chi connectivity index (χ2v) is 10.6. The maximum atomic E-state index is 13.2. The molecule has 0 saturated carbocycles. The summed E-state index contributed by atoms with van der Waals surface area (Å²) >= 11 is 3.03. The predicted octanol–water partition coefficient (Wildman–Crippen LogP) is 6.08. The van der Waals surface area contributed by atoms with E-state index < -0.39 is 17.7 Å². The average molecular weight is 482 g/mol. The van der Waals surface area contributed by atoms with E-state index >= 15 is 0 Å². The fourth-order valence-electron chi connectivity index (χ4n) is 3.92. The highest BCUT2D eigenvalue weighted by Crippen LogP contribution is 2.43. The van der Waals surface area contributed by atoms with E-state index in [0.29, 0.717) is 24.6 Å². The lowest BCUT2D eigenvalue weighted by Crippen LogP contribution is -2.28. The monoisotopic (exact) mass is 481 g/mol. The molecule has 3 aromatic rings. The van der Waals surface area contributed by atoms with Gasteiger partial charge < -0.3 is 14.7 Å². The number of rotatable bonds is 7. The molecular weight excluding hydrogens is 454 g/mol. The van der Waals surface area contributed by atoms with Crippen LogP contribution in [-0.4, -0.2) is 28.3 Å². The molecule has 1 aliphatic heterocycles. The van der Waals surface area contributed by atoms with E-state index in [4.69, 9.17) is 4.74 Å². The first-order valence-electron chi connectivity index (χ1n) is 10.9. The van der Waals surface area contributed by atoms with Crippen LogP contribution in [0.15, 0.2) is 52.7 Å². The zero-order valence-corrected chi connectivity index (χ0v) is 20.8. The summed E-state index contributed by atoms with van der Waals surface area (Å²) in [4.78, 5) is 29.7. The third-order valence-electron chi connectivity index (χ3n) is 5.62. The van der Waals surface area contributed by atoms with Gasteiger partial charge >= 0.3 is 0 Å². The lowest BCUT2D eigenvalue weighted by atomic mass is 9.97. The van der Waals surface area contributed by atoms with Crippen molar-refractivity contribution in [2.75, 3.05) is 6.61 Å². The Morgan fingerprint density at radius 3 is 2.48 bits per heavy atom. The third kappa shape index (κ3) is 4.61. The molecule has 1 amide bonds. The topological polar surface area (TPSA) is 66.8 Å². The van der Waals surface area contributed by atoms with Crippen LogP contribution in [0.3, 0.4) is 0 Å². The number of benzene rings is 1. The molecule has 0 spiro atoms. The smallest absolute Gasteiger partial charge is 0.296 e. The minimum atomic E-state index is -0.653. The molecule has 4 rings (SSSR count). The number of aliphatic hydroxyl groups is 1. The largest absolute Gasteiger partial charge is 0.507 e. The minimum absolute atomic E-state index is 0.136. The number of nitrogens with zero attached hydrogens (tertiary/aromatic N) is 1. The molecule has 1 unspecified atom stereocenters. The summed E-state index contributed by atoms with van der Waals surface area (Å²) in [6.07, 6.45) is 0. The number of aryl methyl sites for hydroxylation is 2. The van der Waals surface area contributed by atoms with Crippen LogP contribution >= 0.6 is 22.7 Å². The molecule has 0 radical (unpaired) electrons. The van der Waals surface area contributed by atoms with Crippen molar-refractivity contribution in [1.82, 2.24) is 4.90 Å². The average Bonchev–Trinajstić information content (AvgIpc) is 3.49. The molecule has 1 aliphatic rings. The number of aliphatic hydroxyl groups excluding tert-OH is 1. The first-order chi connectivity index (χ1) is 15.8. The van der Waals surface area contributed by atoms with E-state index in [1.165, 1.54) is 22.7 Å². The van der Waals surface area contributed by atoms with E-state index in [9.17, 15) is 14.7 Å². The van der Waals surface area contributed by atoms with E-state index in [0.717, 1.165) is 26.6 Å². The van der Waals surface area contributed by atoms with Gasteiger partial charge in [-0.3, -0.25) is 9.59 Å². The summed E-state index contributed by atoms with van der Waals surface area (Å²) < 4.78 is 5.84. The lowest BCUT2D eigenvalue weighted by molar-refractivity contribution is -0.140. The van der Waals surface area contributed by atoms with Crippen molar-refractivity contribution < 1.29 is 19.4 Å². The number of ether oxygens (including phenoxy) is 1. The molecule has 172 valence electrons. The zero-order chi connectivity index (χ0) is 23.7. The molecule has 0 aliphatic carbocycles. The van der Waals surface area contributed by atoms with Crippen molar-refractivity contribution >= 4 is 40.1 Å². The van der Waals surface area contributed by atoms with Gasteiger partial charge in [0.05, 0.1) is 18.7 Å². The fraction of sp³-hybridized carbons (Fsp3) is 0.308. The summed E-state index contributed by atoms with van der Waals surface area (Å²) in [6.45, 7) is 8.94. The van der Waals surface area contributed by atoms with Gasteiger partial charge in [0, 0.05) is 15.3 Å². The highest BCUT2D eigenvalue weighted by Gasteiger charge is 2.47. The Morgan fingerprint density at radius 1 is 1.09 bits per heavy atom. The summed E-state index contributed by atoms with van der Waals surface area (Å²) in [7, 11) is 0. The molecule has 1 N–H and O–H groups in total. The SMILES string of the molecule is Cc1cc(/C(O)=C2/C(=O)C(=O)N(Cc3cccs3)C2c2sccc2C)ccc1OCC(C)C. The Hall–Kier alpha value is -2.90. The Bertz CT molecular complexity index is 1210. The van der Waals surface area contributed by atoms with E-state index in [-0.39, 0.29) is 11.3 Å². The van der Waals surface area contributed by atoms with Gasteiger partial charge in [-0.25, -0.2) is 0 Å². The highest BCUT2D eigenvalue weighted by molar-refractivity contribution is 7.10. The molecule has 33 heavy (non-hydrogen) atoms. The zero-order valence-electron chi connectivity index (χ0n) is 19.1. The number of carbonyl (C=O) groups excluding carboxylic acids is 2. The van der Waals surface area contributed by atoms with Gasteiger partial charge in [-0.05, 0) is 72.0 Å². The minimum Gasteiger partial charge on any atom is -0.507 e. The van der Waals surface area contributed by atoms with Crippen LogP contribution in [0.2, 0.25) is 0 Å². The summed E-state index contributed by atoms with van der Waals surface area (Å²) in [5, 5.41) is 15.2. The maximum absolute atomic E-state index is 13.2. The Labute approximate surface area is 202 Å². The third-order valence-corrected chi connectivity index (χ3v) is 7.55. The van der Waals surface area contributed by atoms with Gasteiger partial charge in [0.2, 0.25) is 0 Å². The molecule has 7 heteroatoms. The fourth-order valence-corrected chi connectivity index (χ4v) is 5.67. The Morgan fingerprint density at radius 2 is 1.88 bits per heavy atom. The van der Waals surface area contributed by atoms with Gasteiger partial charge in [0.15, 0.2) is 0 Å². The van der Waals surface area contributed by atoms with Crippen LogP contribution in [0.1, 0.15) is 46.3 Å². The first kappa shape index (κ1) is 23.3. The Kier molecular flexibility index (Phi) is 6.72. The molecule has 0 bridgehead atoms. The van der Waals surface area contributed by atoms with E-state index in [1.807, 2.05) is 42.8 Å². The van der Waals surface area contributed by atoms with Crippen molar-refractivity contribution in [2.45, 2.75) is 40.3 Å². The number of hydrogen-bond donors (Lipinski definition) is 1. The summed E-state index contributed by atoms with van der Waals surface area (Å²) in [5.41, 5.74) is 2.48. The number of thiophene rings is 2. The molecule has 1 aromatic carbocycles. The first-order valence-corrected chi connectivity index (χ1v) is 12.6. The predicted molar refractivity (Wildman–Crippen MR) is 133 cm³/mol. The Balaban J connectivity index is 1.78. The van der Waals surface area contributed by atoms with Gasteiger partial charge in [0.25, 0.3) is 11.7 Å². The number of ketones is 1. The number of amides is 1. The van der Waals surface area contributed by atoms with Crippen molar-refractivity contribution in [3.63, 3.8) is 0 Å². The van der Waals surface area contributed by atoms with Gasteiger partial charge in [0.1, 0.15) is 17.6 Å². The molecule has 5 nitrogen and oxygen atoms in total. The normalized spacial score (nSPS) is 17.8. The van der Waals surface area contributed by atoms with Crippen LogP contribution in [0.25, 0.3) is 5.76 Å². The second-order valence-electron chi connectivity index (χ2n) is 8.66. The number of carbonyl (C=O) groups is 2. The van der Waals surface area contributed by atoms with Crippen LogP contribution < -0.4 is 4.74 Å². The van der Waals surface area contributed by atoms with Crippen LogP contribution in [0.4, 0.5) is 0 Å². The van der Waals surface area contributed by atoms with E-state index in [1.54, 1.807) is 23.1 Å². The summed E-state index contributed by atoms with van der Waals surface area (Å²) in [5.74, 6) is -0.260. The van der Waals surface area contributed by atoms with Crippen molar-refractivity contribution in [1.29, 1.82) is 0 Å². The molecule has 1 fully saturated rings. The molecule has 1 saturated heterocycles. The molecule has 1 atom stereocenters. The van der Waals surface area contributed by atoms with Crippen molar-refractivity contribution in [3.05, 3.63) is 79.2 Å².